The zero-order chi connectivity index (χ0) is 20.4. The van der Waals surface area contributed by atoms with Crippen molar-refractivity contribution >= 4 is 33.9 Å². The molecular weight excluding hydrogens is 360 g/mol. The Morgan fingerprint density at radius 1 is 0.828 bits per heavy atom. The summed E-state index contributed by atoms with van der Waals surface area (Å²) in [4.78, 5) is 12.6. The summed E-state index contributed by atoms with van der Waals surface area (Å²) in [6, 6.07) is 21.4. The number of nitrogens with one attached hydrogen (secondary N) is 2. The lowest BCUT2D eigenvalue weighted by Gasteiger charge is -2.11. The van der Waals surface area contributed by atoms with Crippen molar-refractivity contribution in [2.75, 3.05) is 10.6 Å². The Labute approximate surface area is 169 Å². The van der Waals surface area contributed by atoms with Crippen molar-refractivity contribution in [2.45, 2.75) is 20.8 Å². The molecule has 144 valence electrons. The lowest BCUT2D eigenvalue weighted by Crippen LogP contribution is -2.12. The van der Waals surface area contributed by atoms with E-state index in [1.807, 2.05) is 75.4 Å². The van der Waals surface area contributed by atoms with Crippen LogP contribution in [0.4, 0.5) is 17.2 Å². The molecule has 0 saturated carbocycles. The molecule has 0 radical (unpaired) electrons. The highest BCUT2D eigenvalue weighted by molar-refractivity contribution is 6.05. The lowest BCUT2D eigenvalue weighted by molar-refractivity contribution is 0.102. The Kier molecular flexibility index (Phi) is 4.96. The summed E-state index contributed by atoms with van der Waals surface area (Å²) < 4.78 is 0. The molecule has 5 heteroatoms. The van der Waals surface area contributed by atoms with E-state index < -0.39 is 0 Å². The van der Waals surface area contributed by atoms with E-state index in [4.69, 9.17) is 0 Å². The van der Waals surface area contributed by atoms with Crippen LogP contribution in [0.2, 0.25) is 0 Å². The van der Waals surface area contributed by atoms with Crippen molar-refractivity contribution in [1.82, 2.24) is 10.2 Å². The number of carbonyl (C=O) groups excluding carboxylic acids is 1. The van der Waals surface area contributed by atoms with Crippen LogP contribution in [0.5, 0.6) is 0 Å². The summed E-state index contributed by atoms with van der Waals surface area (Å²) in [5.74, 6) is 0.560. The number of hydrogen-bond donors (Lipinski definition) is 2. The molecule has 0 fully saturated rings. The van der Waals surface area contributed by atoms with Crippen LogP contribution in [-0.4, -0.2) is 16.1 Å². The van der Waals surface area contributed by atoms with Gasteiger partial charge in [0.15, 0.2) is 5.82 Å². The highest BCUT2D eigenvalue weighted by Gasteiger charge is 2.10. The molecule has 3 aromatic carbocycles. The molecule has 29 heavy (non-hydrogen) atoms. The second-order valence-corrected chi connectivity index (χ2v) is 7.15. The summed E-state index contributed by atoms with van der Waals surface area (Å²) in [6.07, 6.45) is 0. The fourth-order valence-electron chi connectivity index (χ4n) is 3.24. The van der Waals surface area contributed by atoms with Crippen LogP contribution < -0.4 is 10.6 Å². The zero-order valence-corrected chi connectivity index (χ0v) is 16.7. The standard InChI is InChI=1S/C24H22N4O/c1-15-8-9-16(2)22(14-15)26-24(29)18-10-12-19(13-11-18)25-23-21-7-5-4-6-20(21)17(3)27-28-23/h4-14H,1-3H3,(H,25,28)(H,26,29). The zero-order valence-electron chi connectivity index (χ0n) is 16.7. The van der Waals surface area contributed by atoms with Crippen molar-refractivity contribution in [3.8, 4) is 0 Å². The van der Waals surface area contributed by atoms with E-state index in [0.717, 1.165) is 39.0 Å². The smallest absolute Gasteiger partial charge is 0.255 e. The third-order valence-electron chi connectivity index (χ3n) is 4.92. The third-order valence-corrected chi connectivity index (χ3v) is 4.92. The van der Waals surface area contributed by atoms with E-state index in [-0.39, 0.29) is 5.91 Å². The van der Waals surface area contributed by atoms with Gasteiger partial charge in [-0.1, -0.05) is 36.4 Å². The molecule has 0 saturated heterocycles. The van der Waals surface area contributed by atoms with Crippen LogP contribution >= 0.6 is 0 Å². The Bertz CT molecular complexity index is 1200. The number of fused-ring (bicyclic) bond motifs is 1. The van der Waals surface area contributed by atoms with Gasteiger partial charge in [-0.05, 0) is 62.2 Å². The predicted octanol–water partition coefficient (Wildman–Crippen LogP) is 5.55. The molecule has 0 aliphatic rings. The number of amides is 1. The van der Waals surface area contributed by atoms with Crippen LogP contribution in [0.25, 0.3) is 10.8 Å². The highest BCUT2D eigenvalue weighted by atomic mass is 16.1. The van der Waals surface area contributed by atoms with Crippen molar-refractivity contribution < 1.29 is 4.79 Å². The Hall–Kier alpha value is -3.73. The Morgan fingerprint density at radius 3 is 2.31 bits per heavy atom. The minimum atomic E-state index is -0.133. The Balaban J connectivity index is 1.53. The largest absolute Gasteiger partial charge is 0.338 e. The van der Waals surface area contributed by atoms with Gasteiger partial charge in [0.25, 0.3) is 5.91 Å². The van der Waals surface area contributed by atoms with Gasteiger partial charge >= 0.3 is 0 Å². The summed E-state index contributed by atoms with van der Waals surface area (Å²) in [5, 5.41) is 16.9. The molecule has 1 amide bonds. The molecule has 4 aromatic rings. The van der Waals surface area contributed by atoms with Crippen LogP contribution in [0, 0.1) is 20.8 Å². The summed E-state index contributed by atoms with van der Waals surface area (Å²) in [7, 11) is 0. The number of rotatable bonds is 4. The molecule has 1 aromatic heterocycles. The van der Waals surface area contributed by atoms with Crippen molar-refractivity contribution in [2.24, 2.45) is 0 Å². The number of carbonyl (C=O) groups is 1. The Morgan fingerprint density at radius 2 is 1.55 bits per heavy atom. The number of benzene rings is 3. The first-order valence-corrected chi connectivity index (χ1v) is 9.49. The first-order chi connectivity index (χ1) is 14.0. The monoisotopic (exact) mass is 382 g/mol. The predicted molar refractivity (Wildman–Crippen MR) is 118 cm³/mol. The van der Waals surface area contributed by atoms with Gasteiger partial charge in [0.1, 0.15) is 0 Å². The molecule has 2 N–H and O–H groups in total. The number of hydrogen-bond acceptors (Lipinski definition) is 4. The molecule has 0 bridgehead atoms. The first-order valence-electron chi connectivity index (χ1n) is 9.49. The van der Waals surface area contributed by atoms with Crippen LogP contribution in [0.1, 0.15) is 27.2 Å². The number of anilines is 3. The summed E-state index contributed by atoms with van der Waals surface area (Å²) in [6.45, 7) is 5.94. The highest BCUT2D eigenvalue weighted by Crippen LogP contribution is 2.25. The lowest BCUT2D eigenvalue weighted by atomic mass is 10.1. The second-order valence-electron chi connectivity index (χ2n) is 7.15. The van der Waals surface area contributed by atoms with Gasteiger partial charge in [-0.2, -0.15) is 5.10 Å². The number of nitrogens with zero attached hydrogens (tertiary/aromatic N) is 2. The molecule has 4 rings (SSSR count). The first kappa shape index (κ1) is 18.6. The molecule has 5 nitrogen and oxygen atoms in total. The third kappa shape index (κ3) is 3.94. The van der Waals surface area contributed by atoms with Crippen LogP contribution in [-0.2, 0) is 0 Å². The average molecular weight is 382 g/mol. The molecule has 0 aliphatic heterocycles. The number of aromatic nitrogens is 2. The summed E-state index contributed by atoms with van der Waals surface area (Å²) in [5.41, 5.74) is 5.31. The molecule has 1 heterocycles. The molecule has 0 aliphatic carbocycles. The fraction of sp³-hybridized carbons (Fsp3) is 0.125. The SMILES string of the molecule is Cc1ccc(C)c(NC(=O)c2ccc(Nc3nnc(C)c4ccccc34)cc2)c1. The van der Waals surface area contributed by atoms with Crippen LogP contribution in [0.15, 0.2) is 66.7 Å². The maximum atomic E-state index is 12.6. The van der Waals surface area contributed by atoms with Gasteiger partial charge < -0.3 is 10.6 Å². The van der Waals surface area contributed by atoms with E-state index in [0.29, 0.717) is 11.4 Å². The average Bonchev–Trinajstić information content (AvgIpc) is 2.73. The van der Waals surface area contributed by atoms with Gasteiger partial charge in [-0.25, -0.2) is 0 Å². The number of aryl methyl sites for hydroxylation is 3. The van der Waals surface area contributed by atoms with Gasteiger partial charge in [-0.15, -0.1) is 5.10 Å². The van der Waals surface area contributed by atoms with E-state index in [1.165, 1.54) is 0 Å². The van der Waals surface area contributed by atoms with E-state index in [2.05, 4.69) is 20.8 Å². The van der Waals surface area contributed by atoms with E-state index >= 15 is 0 Å². The molecule has 0 spiro atoms. The van der Waals surface area contributed by atoms with Gasteiger partial charge in [0, 0.05) is 27.7 Å². The van der Waals surface area contributed by atoms with Gasteiger partial charge in [0.05, 0.1) is 5.69 Å². The molecule has 0 atom stereocenters. The topological polar surface area (TPSA) is 66.9 Å². The summed E-state index contributed by atoms with van der Waals surface area (Å²) >= 11 is 0. The van der Waals surface area contributed by atoms with Gasteiger partial charge in [-0.3, -0.25) is 4.79 Å². The maximum Gasteiger partial charge on any atom is 0.255 e. The van der Waals surface area contributed by atoms with Crippen molar-refractivity contribution in [3.05, 3.63) is 89.1 Å². The van der Waals surface area contributed by atoms with E-state index in [9.17, 15) is 4.79 Å². The van der Waals surface area contributed by atoms with Crippen LogP contribution in [0.3, 0.4) is 0 Å². The quantitative estimate of drug-likeness (QED) is 0.485. The van der Waals surface area contributed by atoms with Crippen molar-refractivity contribution in [1.29, 1.82) is 0 Å². The minimum absolute atomic E-state index is 0.133. The normalized spacial score (nSPS) is 10.7. The van der Waals surface area contributed by atoms with Crippen molar-refractivity contribution in [3.63, 3.8) is 0 Å². The minimum Gasteiger partial charge on any atom is -0.338 e. The molecular formula is C24H22N4O. The fourth-order valence-corrected chi connectivity index (χ4v) is 3.24. The van der Waals surface area contributed by atoms with E-state index in [1.54, 1.807) is 12.1 Å². The second kappa shape index (κ2) is 7.72. The van der Waals surface area contributed by atoms with Gasteiger partial charge in [0.2, 0.25) is 0 Å². The molecule has 0 unspecified atom stereocenters. The maximum absolute atomic E-state index is 12.6.